The number of hydrogen-bond donors (Lipinski definition) is 0. The molecule has 10 heteroatoms. The highest BCUT2D eigenvalue weighted by Crippen LogP contribution is 2.48. The van der Waals surface area contributed by atoms with Gasteiger partial charge in [0.1, 0.15) is 11.7 Å². The highest BCUT2D eigenvalue weighted by molar-refractivity contribution is 6.30. The number of nitro benzene ring substituents is 1. The third-order valence-electron chi connectivity index (χ3n) is 5.93. The quantitative estimate of drug-likeness (QED) is 0.305. The average molecular weight is 480 g/mol. The van der Waals surface area contributed by atoms with Crippen LogP contribution in [0.4, 0.5) is 17.1 Å². The Morgan fingerprint density at radius 3 is 2.41 bits per heavy atom. The highest BCUT2D eigenvalue weighted by Gasteiger charge is 2.60. The average Bonchev–Trinajstić information content (AvgIpc) is 3.35. The number of amides is 2. The van der Waals surface area contributed by atoms with Crippen molar-refractivity contribution >= 4 is 40.5 Å². The molecule has 0 radical (unpaired) electrons. The topological polar surface area (TPSA) is 102 Å². The van der Waals surface area contributed by atoms with E-state index in [0.29, 0.717) is 27.7 Å². The SMILES string of the molecule is COc1cccc(N2C(=O)[C@H]3[C@H](ON(c4ccc(Cl)cc4)[C@H]3c3cccc([N+](=O)[O-])c3)C2=O)c1. The van der Waals surface area contributed by atoms with Crippen molar-refractivity contribution in [2.75, 3.05) is 17.1 Å². The number of carbonyl (C=O) groups is 2. The molecule has 0 aliphatic carbocycles. The van der Waals surface area contributed by atoms with Crippen molar-refractivity contribution in [3.8, 4) is 5.75 Å². The first-order valence-corrected chi connectivity index (χ1v) is 10.7. The summed E-state index contributed by atoms with van der Waals surface area (Å²) in [4.78, 5) is 45.0. The summed E-state index contributed by atoms with van der Waals surface area (Å²) >= 11 is 6.02. The third kappa shape index (κ3) is 3.55. The van der Waals surface area contributed by atoms with Crippen molar-refractivity contribution in [3.63, 3.8) is 0 Å². The second kappa shape index (κ2) is 8.44. The number of fused-ring (bicyclic) bond motifs is 1. The number of hydroxylamine groups is 1. The maximum Gasteiger partial charge on any atom is 0.269 e. The molecule has 2 fully saturated rings. The molecule has 0 saturated carbocycles. The zero-order valence-corrected chi connectivity index (χ0v) is 18.6. The minimum atomic E-state index is -1.10. The van der Waals surface area contributed by atoms with Crippen LogP contribution in [0.25, 0.3) is 0 Å². The minimum Gasteiger partial charge on any atom is -0.497 e. The van der Waals surface area contributed by atoms with Crippen LogP contribution < -0.4 is 14.7 Å². The van der Waals surface area contributed by atoms with E-state index in [1.54, 1.807) is 60.7 Å². The summed E-state index contributed by atoms with van der Waals surface area (Å²) in [6.07, 6.45) is -1.10. The summed E-state index contributed by atoms with van der Waals surface area (Å²) in [7, 11) is 1.49. The molecule has 3 aromatic carbocycles. The van der Waals surface area contributed by atoms with E-state index < -0.39 is 34.8 Å². The first-order chi connectivity index (χ1) is 16.4. The zero-order chi connectivity index (χ0) is 24.0. The third-order valence-corrected chi connectivity index (χ3v) is 6.18. The van der Waals surface area contributed by atoms with Crippen molar-refractivity contribution < 1.29 is 24.1 Å². The molecule has 2 saturated heterocycles. The molecule has 2 amide bonds. The number of nitro groups is 1. The number of hydrogen-bond acceptors (Lipinski definition) is 7. The van der Waals surface area contributed by atoms with Crippen LogP contribution in [0.3, 0.4) is 0 Å². The van der Waals surface area contributed by atoms with Crippen LogP contribution in [0, 0.1) is 16.0 Å². The van der Waals surface area contributed by atoms with Crippen molar-refractivity contribution in [2.45, 2.75) is 12.1 Å². The second-order valence-electron chi connectivity index (χ2n) is 7.86. The number of benzene rings is 3. The number of non-ortho nitro benzene ring substituents is 1. The Morgan fingerprint density at radius 2 is 1.71 bits per heavy atom. The van der Waals surface area contributed by atoms with Crippen LogP contribution in [0.5, 0.6) is 5.75 Å². The van der Waals surface area contributed by atoms with Crippen molar-refractivity contribution in [2.24, 2.45) is 5.92 Å². The molecular formula is C24H18ClN3O6. The van der Waals surface area contributed by atoms with Gasteiger partial charge >= 0.3 is 0 Å². The Balaban J connectivity index is 1.60. The fourth-order valence-electron chi connectivity index (χ4n) is 4.39. The maximum atomic E-state index is 13.6. The van der Waals surface area contributed by atoms with E-state index in [2.05, 4.69) is 0 Å². The minimum absolute atomic E-state index is 0.126. The van der Waals surface area contributed by atoms with Gasteiger partial charge in [-0.05, 0) is 42.0 Å². The van der Waals surface area contributed by atoms with E-state index in [0.717, 1.165) is 4.90 Å². The van der Waals surface area contributed by atoms with Crippen LogP contribution in [-0.4, -0.2) is 30.0 Å². The molecular weight excluding hydrogens is 462 g/mol. The molecule has 5 rings (SSSR count). The molecule has 2 aliphatic heterocycles. The number of rotatable bonds is 5. The highest BCUT2D eigenvalue weighted by atomic mass is 35.5. The van der Waals surface area contributed by atoms with Gasteiger partial charge in [-0.15, -0.1) is 0 Å². The first kappa shape index (κ1) is 21.9. The Bertz CT molecular complexity index is 1300. The summed E-state index contributed by atoms with van der Waals surface area (Å²) in [5, 5.41) is 13.4. The summed E-state index contributed by atoms with van der Waals surface area (Å²) in [5.41, 5.74) is 1.27. The Hall–Kier alpha value is -3.95. The number of carbonyl (C=O) groups excluding carboxylic acids is 2. The molecule has 0 bridgehead atoms. The Morgan fingerprint density at radius 1 is 0.971 bits per heavy atom. The van der Waals surface area contributed by atoms with E-state index >= 15 is 0 Å². The molecule has 0 spiro atoms. The van der Waals surface area contributed by atoms with Crippen LogP contribution >= 0.6 is 11.6 Å². The molecule has 3 atom stereocenters. The Kier molecular flexibility index (Phi) is 5.43. The van der Waals surface area contributed by atoms with Gasteiger partial charge in [-0.1, -0.05) is 29.8 Å². The van der Waals surface area contributed by atoms with Crippen LogP contribution in [0.1, 0.15) is 11.6 Å². The van der Waals surface area contributed by atoms with Gasteiger partial charge in [0.2, 0.25) is 5.91 Å². The van der Waals surface area contributed by atoms with E-state index in [-0.39, 0.29) is 5.69 Å². The fraction of sp³-hybridized carbons (Fsp3) is 0.167. The van der Waals surface area contributed by atoms with Crippen molar-refractivity contribution in [1.82, 2.24) is 0 Å². The normalized spacial score (nSPS) is 21.6. The van der Waals surface area contributed by atoms with E-state index in [1.807, 2.05) is 0 Å². The number of nitrogens with zero attached hydrogens (tertiary/aromatic N) is 3. The van der Waals surface area contributed by atoms with Gasteiger partial charge in [-0.3, -0.25) is 24.5 Å². The molecule has 0 unspecified atom stereocenters. The first-order valence-electron chi connectivity index (χ1n) is 10.4. The molecule has 0 N–H and O–H groups in total. The van der Waals surface area contributed by atoms with Crippen LogP contribution in [-0.2, 0) is 14.4 Å². The summed E-state index contributed by atoms with van der Waals surface area (Å²) in [5.74, 6) is -1.41. The van der Waals surface area contributed by atoms with Gasteiger partial charge in [-0.2, -0.15) is 0 Å². The lowest BCUT2D eigenvalue weighted by Crippen LogP contribution is -2.37. The lowest BCUT2D eigenvalue weighted by Gasteiger charge is -2.28. The van der Waals surface area contributed by atoms with Crippen molar-refractivity contribution in [3.05, 3.63) is 93.5 Å². The monoisotopic (exact) mass is 479 g/mol. The van der Waals surface area contributed by atoms with Gasteiger partial charge in [0.15, 0.2) is 6.10 Å². The number of anilines is 2. The summed E-state index contributed by atoms with van der Waals surface area (Å²) in [6, 6.07) is 18.5. The second-order valence-corrected chi connectivity index (χ2v) is 8.30. The molecule has 3 aromatic rings. The molecule has 34 heavy (non-hydrogen) atoms. The smallest absolute Gasteiger partial charge is 0.269 e. The van der Waals surface area contributed by atoms with Gasteiger partial charge in [0, 0.05) is 23.2 Å². The predicted octanol–water partition coefficient (Wildman–Crippen LogP) is 4.31. The molecule has 2 heterocycles. The van der Waals surface area contributed by atoms with E-state index in [4.69, 9.17) is 21.2 Å². The molecule has 172 valence electrons. The lowest BCUT2D eigenvalue weighted by atomic mass is 9.90. The van der Waals surface area contributed by atoms with Gasteiger partial charge < -0.3 is 4.74 Å². The number of halogens is 1. The number of ether oxygens (including phenoxy) is 1. The number of imide groups is 1. The van der Waals surface area contributed by atoms with Crippen LogP contribution in [0.2, 0.25) is 5.02 Å². The predicted molar refractivity (Wildman–Crippen MR) is 124 cm³/mol. The fourth-order valence-corrected chi connectivity index (χ4v) is 4.52. The lowest BCUT2D eigenvalue weighted by molar-refractivity contribution is -0.384. The Labute approximate surface area is 199 Å². The van der Waals surface area contributed by atoms with Gasteiger partial charge in [-0.25, -0.2) is 9.96 Å². The summed E-state index contributed by atoms with van der Waals surface area (Å²) in [6.45, 7) is 0. The van der Waals surface area contributed by atoms with Crippen molar-refractivity contribution in [1.29, 1.82) is 0 Å². The molecule has 0 aromatic heterocycles. The van der Waals surface area contributed by atoms with Gasteiger partial charge in [0.25, 0.3) is 11.6 Å². The largest absolute Gasteiger partial charge is 0.497 e. The molecule has 2 aliphatic rings. The number of methoxy groups -OCH3 is 1. The van der Waals surface area contributed by atoms with Gasteiger partial charge in [0.05, 0.1) is 29.4 Å². The standard InChI is InChI=1S/C24H18ClN3O6/c1-33-19-7-3-5-17(13-19)26-23(29)20-21(14-4-2-6-18(12-14)28(31)32)27(34-22(20)24(26)30)16-10-8-15(25)9-11-16/h2-13,20-22H,1H3/t20-,21+,22+/m1/s1. The molecule has 9 nitrogen and oxygen atoms in total. The van der Waals surface area contributed by atoms with Crippen LogP contribution in [0.15, 0.2) is 72.8 Å². The summed E-state index contributed by atoms with van der Waals surface area (Å²) < 4.78 is 5.23. The van der Waals surface area contributed by atoms with E-state index in [1.165, 1.54) is 24.3 Å². The van der Waals surface area contributed by atoms with E-state index in [9.17, 15) is 19.7 Å². The maximum absolute atomic E-state index is 13.6. The zero-order valence-electron chi connectivity index (χ0n) is 17.8.